The summed E-state index contributed by atoms with van der Waals surface area (Å²) >= 11 is 0. The minimum Gasteiger partial charge on any atom is -0.623 e. The minimum atomic E-state index is -0.443. The number of benzene rings is 2. The molecule has 0 spiro atoms. The van der Waals surface area contributed by atoms with E-state index in [1.165, 1.54) is 12.1 Å². The normalized spacial score (nSPS) is 12.8. The molecule has 0 aliphatic carbocycles. The third kappa shape index (κ3) is 4.55. The third-order valence-corrected chi connectivity index (χ3v) is 3.20. The van der Waals surface area contributed by atoms with Crippen LogP contribution >= 0.6 is 0 Å². The Morgan fingerprint density at radius 3 is 1.68 bits per heavy atom. The molecule has 2 aromatic carbocycles. The molecule has 0 atom stereocenters. The maximum atomic E-state index is 12.8. The van der Waals surface area contributed by atoms with Gasteiger partial charge in [0.25, 0.3) is 0 Å². The molecule has 0 fully saturated rings. The highest BCUT2D eigenvalue weighted by molar-refractivity contribution is 5.77. The Morgan fingerprint density at radius 2 is 1.23 bits per heavy atom. The number of halogens is 1. The maximum Gasteiger partial charge on any atom is 0.182 e. The van der Waals surface area contributed by atoms with Gasteiger partial charge in [-0.05, 0) is 35.4 Å². The van der Waals surface area contributed by atoms with Gasteiger partial charge in [-0.25, -0.2) is 9.13 Å². The molecule has 2 aromatic rings. The van der Waals surface area contributed by atoms with E-state index >= 15 is 0 Å². The fraction of sp³-hybridized carbons (Fsp3) is 0.211. The Balaban J connectivity index is 2.11. The van der Waals surface area contributed by atoms with E-state index in [4.69, 9.17) is 0 Å². The standard InChI is InChI=1S/C19H20FNO/c1-19(2,3)21(22)14-17-8-6-15(7-9-17)4-5-16-10-12-18(20)13-11-16/h4-14H,1-3H3/b5-4+,21-14+. The van der Waals surface area contributed by atoms with E-state index in [0.717, 1.165) is 21.4 Å². The van der Waals surface area contributed by atoms with E-state index in [1.54, 1.807) is 18.3 Å². The highest BCUT2D eigenvalue weighted by atomic mass is 19.1. The Morgan fingerprint density at radius 1 is 0.818 bits per heavy atom. The van der Waals surface area contributed by atoms with Crippen molar-refractivity contribution < 1.29 is 9.13 Å². The van der Waals surface area contributed by atoms with Gasteiger partial charge in [0.15, 0.2) is 11.8 Å². The summed E-state index contributed by atoms with van der Waals surface area (Å²) in [5.41, 5.74) is 2.38. The van der Waals surface area contributed by atoms with Crippen LogP contribution in [-0.4, -0.2) is 16.5 Å². The highest BCUT2D eigenvalue weighted by Crippen LogP contribution is 2.11. The van der Waals surface area contributed by atoms with Crippen LogP contribution in [0.15, 0.2) is 48.5 Å². The van der Waals surface area contributed by atoms with E-state index in [0.29, 0.717) is 0 Å². The van der Waals surface area contributed by atoms with Gasteiger partial charge in [-0.2, -0.15) is 0 Å². The van der Waals surface area contributed by atoms with Crippen LogP contribution in [0, 0.1) is 11.0 Å². The van der Waals surface area contributed by atoms with Crippen LogP contribution in [0.3, 0.4) is 0 Å². The summed E-state index contributed by atoms with van der Waals surface area (Å²) < 4.78 is 13.8. The van der Waals surface area contributed by atoms with Crippen LogP contribution < -0.4 is 0 Å². The fourth-order valence-corrected chi connectivity index (χ4v) is 1.79. The summed E-state index contributed by atoms with van der Waals surface area (Å²) in [4.78, 5) is 0. The predicted molar refractivity (Wildman–Crippen MR) is 90.3 cm³/mol. The van der Waals surface area contributed by atoms with E-state index in [9.17, 15) is 9.60 Å². The van der Waals surface area contributed by atoms with Crippen LogP contribution in [0.4, 0.5) is 4.39 Å². The van der Waals surface area contributed by atoms with Gasteiger partial charge in [0, 0.05) is 26.3 Å². The number of hydroxylamine groups is 1. The Hall–Kier alpha value is -2.42. The van der Waals surface area contributed by atoms with Gasteiger partial charge in [-0.15, -0.1) is 0 Å². The average Bonchev–Trinajstić information content (AvgIpc) is 2.47. The number of hydrogen-bond acceptors (Lipinski definition) is 1. The first-order valence-electron chi connectivity index (χ1n) is 7.20. The van der Waals surface area contributed by atoms with Crippen LogP contribution in [0.25, 0.3) is 12.2 Å². The zero-order valence-electron chi connectivity index (χ0n) is 13.1. The Labute approximate surface area is 130 Å². The lowest BCUT2D eigenvalue weighted by atomic mass is 10.1. The smallest absolute Gasteiger partial charge is 0.182 e. The van der Waals surface area contributed by atoms with Gasteiger partial charge in [0.2, 0.25) is 0 Å². The lowest BCUT2D eigenvalue weighted by molar-refractivity contribution is -0.530. The van der Waals surface area contributed by atoms with Gasteiger partial charge in [0.1, 0.15) is 5.82 Å². The van der Waals surface area contributed by atoms with E-state index in [-0.39, 0.29) is 5.82 Å². The molecule has 2 rings (SSSR count). The third-order valence-electron chi connectivity index (χ3n) is 3.20. The van der Waals surface area contributed by atoms with Crippen molar-refractivity contribution in [3.8, 4) is 0 Å². The van der Waals surface area contributed by atoms with Crippen LogP contribution in [0.2, 0.25) is 0 Å². The highest BCUT2D eigenvalue weighted by Gasteiger charge is 2.17. The molecule has 0 aliphatic rings. The summed E-state index contributed by atoms with van der Waals surface area (Å²) in [6.07, 6.45) is 5.47. The van der Waals surface area contributed by atoms with Crippen molar-refractivity contribution in [1.82, 2.24) is 0 Å². The number of rotatable bonds is 3. The van der Waals surface area contributed by atoms with E-state index < -0.39 is 5.54 Å². The summed E-state index contributed by atoms with van der Waals surface area (Å²) in [5.74, 6) is -0.238. The van der Waals surface area contributed by atoms with Crippen molar-refractivity contribution in [2.45, 2.75) is 26.3 Å². The molecule has 22 heavy (non-hydrogen) atoms. The zero-order chi connectivity index (χ0) is 16.2. The van der Waals surface area contributed by atoms with E-state index in [1.807, 2.05) is 57.2 Å². The van der Waals surface area contributed by atoms with Crippen molar-refractivity contribution in [1.29, 1.82) is 0 Å². The zero-order valence-corrected chi connectivity index (χ0v) is 13.1. The van der Waals surface area contributed by atoms with Gasteiger partial charge in [-0.1, -0.05) is 36.4 Å². The minimum absolute atomic E-state index is 0.238. The molecular weight excluding hydrogens is 277 g/mol. The monoisotopic (exact) mass is 297 g/mol. The molecule has 0 amide bonds. The first kappa shape index (κ1) is 16.0. The predicted octanol–water partition coefficient (Wildman–Crippen LogP) is 4.72. The first-order chi connectivity index (χ1) is 10.3. The van der Waals surface area contributed by atoms with E-state index in [2.05, 4.69) is 0 Å². The molecule has 0 bridgehead atoms. The van der Waals surface area contributed by atoms with Gasteiger partial charge >= 0.3 is 0 Å². The molecule has 0 aromatic heterocycles. The maximum absolute atomic E-state index is 12.8. The molecule has 0 heterocycles. The molecule has 0 saturated heterocycles. The van der Waals surface area contributed by atoms with Crippen LogP contribution in [-0.2, 0) is 0 Å². The van der Waals surface area contributed by atoms with Gasteiger partial charge < -0.3 is 5.21 Å². The molecule has 3 heteroatoms. The lowest BCUT2D eigenvalue weighted by Gasteiger charge is -2.18. The van der Waals surface area contributed by atoms with Crippen molar-refractivity contribution >= 4 is 18.4 Å². The van der Waals surface area contributed by atoms with Crippen molar-refractivity contribution in [2.24, 2.45) is 0 Å². The summed E-state index contributed by atoms with van der Waals surface area (Å²) in [5, 5.41) is 11.9. The topological polar surface area (TPSA) is 26.1 Å². The molecule has 2 nitrogen and oxygen atoms in total. The lowest BCUT2D eigenvalue weighted by Crippen LogP contribution is -2.29. The second-order valence-electron chi connectivity index (χ2n) is 6.18. The molecule has 0 N–H and O–H groups in total. The van der Waals surface area contributed by atoms with Crippen molar-refractivity contribution in [2.75, 3.05) is 0 Å². The average molecular weight is 297 g/mol. The SMILES string of the molecule is CC(C)(C)/[N+]([O-])=C\c1ccc(/C=C/c2ccc(F)cc2)cc1. The van der Waals surface area contributed by atoms with Gasteiger partial charge in [0.05, 0.1) is 0 Å². The van der Waals surface area contributed by atoms with Crippen molar-refractivity contribution in [3.63, 3.8) is 0 Å². The molecule has 0 unspecified atom stereocenters. The Kier molecular flexibility index (Phi) is 4.76. The molecule has 0 saturated carbocycles. The molecule has 114 valence electrons. The Bertz CT molecular complexity index is 677. The number of hydrogen-bond donors (Lipinski definition) is 0. The van der Waals surface area contributed by atoms with Gasteiger partial charge in [-0.3, -0.25) is 0 Å². The summed E-state index contributed by atoms with van der Waals surface area (Å²) in [6.45, 7) is 5.61. The van der Waals surface area contributed by atoms with Crippen LogP contribution in [0.5, 0.6) is 0 Å². The molecule has 0 aliphatic heterocycles. The quantitative estimate of drug-likeness (QED) is 0.264. The largest absolute Gasteiger partial charge is 0.623 e. The molecule has 0 radical (unpaired) electrons. The fourth-order valence-electron chi connectivity index (χ4n) is 1.79. The number of nitrogens with zero attached hydrogens (tertiary/aromatic N) is 1. The molecular formula is C19H20FNO. The second kappa shape index (κ2) is 6.56. The summed E-state index contributed by atoms with van der Waals surface area (Å²) in [6, 6.07) is 14.0. The van der Waals surface area contributed by atoms with Crippen molar-refractivity contribution in [3.05, 3.63) is 76.2 Å². The summed E-state index contributed by atoms with van der Waals surface area (Å²) in [7, 11) is 0. The first-order valence-corrected chi connectivity index (χ1v) is 7.20. The van der Waals surface area contributed by atoms with Crippen LogP contribution in [0.1, 0.15) is 37.5 Å². The second-order valence-corrected chi connectivity index (χ2v) is 6.18.